The predicted octanol–water partition coefficient (Wildman–Crippen LogP) is 4.00. The van der Waals surface area contributed by atoms with Gasteiger partial charge in [0.2, 0.25) is 11.8 Å². The molecule has 4 aromatic rings. The minimum atomic E-state index is -1.10. The maximum Gasteiger partial charge on any atom is 0.262 e. The van der Waals surface area contributed by atoms with Gasteiger partial charge in [-0.1, -0.05) is 30.3 Å². The molecule has 11 rings (SSSR count). The molecule has 326 valence electrons. The normalized spacial score (nSPS) is 23.0. The van der Waals surface area contributed by atoms with Crippen LogP contribution in [0.2, 0.25) is 0 Å². The summed E-state index contributed by atoms with van der Waals surface area (Å²) in [6.45, 7) is 4.76. The van der Waals surface area contributed by atoms with Crippen LogP contribution in [0.5, 0.6) is 0 Å². The average Bonchev–Trinajstić information content (AvgIpc) is 3.96. The molecule has 7 aliphatic heterocycles. The summed E-state index contributed by atoms with van der Waals surface area (Å²) in [4.78, 5) is 87.2. The van der Waals surface area contributed by atoms with Gasteiger partial charge >= 0.3 is 0 Å². The molecule has 0 aliphatic carbocycles. The number of halogens is 1. The van der Waals surface area contributed by atoms with Gasteiger partial charge in [-0.25, -0.2) is 4.39 Å². The molecule has 8 heterocycles. The summed E-state index contributed by atoms with van der Waals surface area (Å²) in [5, 5.41) is 12.4. The van der Waals surface area contributed by atoms with E-state index >= 15 is 4.39 Å². The number of benzene rings is 3. The Morgan fingerprint density at radius 3 is 2.32 bits per heavy atom. The first-order valence-corrected chi connectivity index (χ1v) is 21.7. The SMILES string of the molecule is CO[C@@H](C(=O)N1Cc2[nH]nc(NC(=O)c3ccc(N4CCC(CN5CC6CCC5CN6c5cc6c(cc5F)C(=O)N(C5CCC(=O)NC5=O)C6=O)CC4)cc3)c2C1)c1ccccc1. The van der Waals surface area contributed by atoms with Gasteiger partial charge in [0, 0.05) is 75.2 Å². The predicted molar refractivity (Wildman–Crippen MR) is 227 cm³/mol. The Morgan fingerprint density at radius 2 is 1.62 bits per heavy atom. The van der Waals surface area contributed by atoms with Crippen LogP contribution in [0.15, 0.2) is 66.7 Å². The third-order valence-corrected chi connectivity index (χ3v) is 13.8. The lowest BCUT2D eigenvalue weighted by Crippen LogP contribution is -2.63. The number of amides is 6. The highest BCUT2D eigenvalue weighted by atomic mass is 19.1. The second-order valence-corrected chi connectivity index (χ2v) is 17.5. The maximum atomic E-state index is 15.8. The monoisotopic (exact) mass is 857 g/mol. The van der Waals surface area contributed by atoms with Crippen LogP contribution in [0, 0.1) is 11.7 Å². The Morgan fingerprint density at radius 1 is 0.889 bits per heavy atom. The Kier molecular flexibility index (Phi) is 10.5. The summed E-state index contributed by atoms with van der Waals surface area (Å²) >= 11 is 0. The number of piperazine rings is 1. The number of carbonyl (C=O) groups excluding carboxylic acids is 6. The van der Waals surface area contributed by atoms with Crippen LogP contribution in [0.4, 0.5) is 21.6 Å². The van der Waals surface area contributed by atoms with Gasteiger partial charge in [-0.05, 0) is 80.0 Å². The Balaban J connectivity index is 0.712. The van der Waals surface area contributed by atoms with E-state index in [1.807, 2.05) is 59.5 Å². The number of fused-ring (bicyclic) bond motifs is 5. The molecule has 3 aromatic carbocycles. The van der Waals surface area contributed by atoms with Crippen molar-refractivity contribution in [3.05, 3.63) is 106 Å². The van der Waals surface area contributed by atoms with Crippen molar-refractivity contribution in [2.75, 3.05) is 55.0 Å². The number of imide groups is 2. The van der Waals surface area contributed by atoms with Crippen molar-refractivity contribution in [1.82, 2.24) is 30.2 Å². The van der Waals surface area contributed by atoms with Crippen molar-refractivity contribution in [3.8, 4) is 0 Å². The zero-order valence-corrected chi connectivity index (χ0v) is 34.8. The fraction of sp³-hybridized carbons (Fsp3) is 0.413. The van der Waals surface area contributed by atoms with Crippen molar-refractivity contribution in [2.24, 2.45) is 5.92 Å². The maximum absolute atomic E-state index is 15.8. The molecular weight excluding hydrogens is 810 g/mol. The molecule has 0 saturated carbocycles. The van der Waals surface area contributed by atoms with Crippen LogP contribution in [0.3, 0.4) is 0 Å². The summed E-state index contributed by atoms with van der Waals surface area (Å²) in [5.41, 5.74) is 4.22. The standard InChI is InChI=1S/C46H48FN9O7/c1-63-40(27-5-3-2-4-6-27)46(62)54-24-34-36(25-54)50-51-41(34)49-42(58)28-7-9-29(10-8-28)52-17-15-26(16-18-52)21-53-22-31-12-11-30(53)23-55(31)38-20-33-32(19-35(38)47)44(60)56(45(33)61)37-13-14-39(57)48-43(37)59/h2-10,19-20,26,30-31,37,40H,11-18,21-25H2,1H3,(H,48,57,59)(H2,49,50,51,58)/t30?,31?,37?,40-/m1/s1. The molecule has 4 atom stereocenters. The Bertz CT molecular complexity index is 2510. The lowest BCUT2D eigenvalue weighted by atomic mass is 9.87. The zero-order chi connectivity index (χ0) is 43.5. The van der Waals surface area contributed by atoms with E-state index in [0.29, 0.717) is 42.6 Å². The third-order valence-electron chi connectivity index (χ3n) is 13.8. The zero-order valence-electron chi connectivity index (χ0n) is 34.8. The average molecular weight is 858 g/mol. The van der Waals surface area contributed by atoms with Crippen LogP contribution in [-0.2, 0) is 32.2 Å². The smallest absolute Gasteiger partial charge is 0.262 e. The summed E-state index contributed by atoms with van der Waals surface area (Å²) < 4.78 is 21.3. The second kappa shape index (κ2) is 16.3. The highest BCUT2D eigenvalue weighted by molar-refractivity contribution is 6.23. The summed E-state index contributed by atoms with van der Waals surface area (Å²) in [7, 11) is 1.52. The number of piperidine rings is 4. The summed E-state index contributed by atoms with van der Waals surface area (Å²) in [6, 6.07) is 18.7. The second-order valence-electron chi connectivity index (χ2n) is 17.5. The molecule has 63 heavy (non-hydrogen) atoms. The summed E-state index contributed by atoms with van der Waals surface area (Å²) in [6.07, 6.45) is 3.25. The van der Waals surface area contributed by atoms with Crippen molar-refractivity contribution in [2.45, 2.75) is 75.8 Å². The van der Waals surface area contributed by atoms with E-state index in [-0.39, 0.29) is 47.9 Å². The fourth-order valence-corrected chi connectivity index (χ4v) is 10.4. The van der Waals surface area contributed by atoms with E-state index in [1.165, 1.54) is 13.2 Å². The lowest BCUT2D eigenvalue weighted by molar-refractivity contribution is -0.143. The number of aromatic amines is 1. The van der Waals surface area contributed by atoms with Gasteiger partial charge in [-0.3, -0.25) is 49.0 Å². The molecule has 5 fully saturated rings. The van der Waals surface area contributed by atoms with Gasteiger partial charge in [0.05, 0.1) is 35.6 Å². The van der Waals surface area contributed by atoms with Gasteiger partial charge < -0.3 is 24.8 Å². The number of carbonyl (C=O) groups is 6. The topological polar surface area (TPSA) is 181 Å². The number of nitrogens with zero attached hydrogens (tertiary/aromatic N) is 6. The molecule has 3 N–H and O–H groups in total. The first-order valence-electron chi connectivity index (χ1n) is 21.7. The molecule has 6 amide bonds. The summed E-state index contributed by atoms with van der Waals surface area (Å²) in [5.74, 6) is -2.61. The van der Waals surface area contributed by atoms with Crippen LogP contribution >= 0.6 is 0 Å². The number of anilines is 3. The van der Waals surface area contributed by atoms with Gasteiger partial charge in [0.15, 0.2) is 11.9 Å². The number of rotatable bonds is 10. The number of nitrogens with one attached hydrogen (secondary N) is 3. The van der Waals surface area contributed by atoms with E-state index in [1.54, 1.807) is 4.90 Å². The first-order chi connectivity index (χ1) is 30.5. The van der Waals surface area contributed by atoms with E-state index in [9.17, 15) is 28.8 Å². The quantitative estimate of drug-likeness (QED) is 0.196. The van der Waals surface area contributed by atoms with Gasteiger partial charge in [0.25, 0.3) is 23.6 Å². The third kappa shape index (κ3) is 7.41. The Labute approximate surface area is 362 Å². The van der Waals surface area contributed by atoms with Crippen molar-refractivity contribution < 1.29 is 37.9 Å². The van der Waals surface area contributed by atoms with Crippen LogP contribution in [0.25, 0.3) is 0 Å². The van der Waals surface area contributed by atoms with Crippen LogP contribution in [-0.4, -0.2) is 118 Å². The van der Waals surface area contributed by atoms with Crippen molar-refractivity contribution >= 4 is 52.6 Å². The highest BCUT2D eigenvalue weighted by Gasteiger charge is 2.47. The Hall–Kier alpha value is -6.46. The van der Waals surface area contributed by atoms with Crippen LogP contribution < -0.4 is 20.4 Å². The van der Waals surface area contributed by atoms with Gasteiger partial charge in [-0.2, -0.15) is 5.10 Å². The molecular formula is C46H48FN9O7. The van der Waals surface area contributed by atoms with Crippen molar-refractivity contribution in [1.29, 1.82) is 0 Å². The highest BCUT2D eigenvalue weighted by Crippen LogP contribution is 2.39. The lowest BCUT2D eigenvalue weighted by Gasteiger charge is -2.53. The first kappa shape index (κ1) is 40.6. The molecule has 2 bridgehead atoms. The van der Waals surface area contributed by atoms with E-state index < -0.39 is 41.6 Å². The minimum absolute atomic E-state index is 0.0154. The largest absolute Gasteiger partial charge is 0.372 e. The number of methoxy groups -OCH3 is 1. The number of ether oxygens (including phenoxy) is 1. The minimum Gasteiger partial charge on any atom is -0.372 e. The molecule has 1 aromatic heterocycles. The molecule has 7 aliphatic rings. The van der Waals surface area contributed by atoms with E-state index in [0.717, 1.165) is 85.3 Å². The molecule has 5 saturated heterocycles. The van der Waals surface area contributed by atoms with Gasteiger partial charge in [0.1, 0.15) is 11.9 Å². The fourth-order valence-electron chi connectivity index (χ4n) is 10.4. The number of H-pyrrole nitrogens is 1. The molecule has 16 nitrogen and oxygen atoms in total. The molecule has 0 spiro atoms. The number of hydrogen-bond donors (Lipinski definition) is 3. The van der Waals surface area contributed by atoms with Gasteiger partial charge in [-0.15, -0.1) is 0 Å². The van der Waals surface area contributed by atoms with E-state index in [2.05, 4.69) is 30.6 Å². The molecule has 0 radical (unpaired) electrons. The number of aromatic nitrogens is 2. The molecule has 3 unspecified atom stereocenters. The number of hydrogen-bond acceptors (Lipinski definition) is 11. The van der Waals surface area contributed by atoms with Crippen LogP contribution in [0.1, 0.15) is 92.5 Å². The van der Waals surface area contributed by atoms with Crippen molar-refractivity contribution in [3.63, 3.8) is 0 Å². The molecule has 17 heteroatoms. The van der Waals surface area contributed by atoms with E-state index in [4.69, 9.17) is 4.74 Å².